The number of nitrogens with zero attached hydrogens (tertiary/aromatic N) is 1. The van der Waals surface area contributed by atoms with Gasteiger partial charge < -0.3 is 10.1 Å². The molecule has 0 saturated carbocycles. The number of nitrogens with one attached hydrogen (secondary N) is 1. The number of fused-ring (bicyclic) bond motifs is 2. The molecule has 0 amide bonds. The predicted octanol–water partition coefficient (Wildman–Crippen LogP) is 4.11. The van der Waals surface area contributed by atoms with E-state index in [2.05, 4.69) is 28.5 Å². The molecule has 4 heteroatoms. The molecule has 25 heavy (non-hydrogen) atoms. The first kappa shape index (κ1) is 15.4. The maximum absolute atomic E-state index is 12.7. The van der Waals surface area contributed by atoms with Crippen molar-refractivity contribution in [2.75, 3.05) is 12.4 Å². The zero-order valence-electron chi connectivity index (χ0n) is 14.0. The molecule has 0 radical (unpaired) electrons. The number of carbonyl (C=O) groups is 1. The van der Waals surface area contributed by atoms with Gasteiger partial charge in [0.25, 0.3) is 0 Å². The van der Waals surface area contributed by atoms with Crippen LogP contribution in [0.3, 0.4) is 0 Å². The molecule has 4 nitrogen and oxygen atoms in total. The number of aromatic nitrogens is 1. The minimum Gasteiger partial charge on any atom is -0.481 e. The van der Waals surface area contributed by atoms with Gasteiger partial charge in [0.1, 0.15) is 0 Å². The number of Topliss-reactive ketones (excluding diaryl/α,β-unsaturated/α-hetero) is 1. The molecule has 0 bridgehead atoms. The molecule has 1 N–H and O–H groups in total. The van der Waals surface area contributed by atoms with Gasteiger partial charge in [-0.25, -0.2) is 4.98 Å². The molecular weight excluding hydrogens is 312 g/mol. The minimum absolute atomic E-state index is 0.133. The third-order valence-electron chi connectivity index (χ3n) is 4.53. The fourth-order valence-electron chi connectivity index (χ4n) is 3.15. The number of pyridine rings is 1. The number of rotatable bonds is 2. The molecule has 0 unspecified atom stereocenters. The molecule has 4 rings (SSSR count). The summed E-state index contributed by atoms with van der Waals surface area (Å²) in [6.45, 7) is 0.709. The van der Waals surface area contributed by atoms with Gasteiger partial charge in [-0.05, 0) is 34.9 Å². The summed E-state index contributed by atoms with van der Waals surface area (Å²) in [6.07, 6.45) is 2.20. The fourth-order valence-corrected chi connectivity index (χ4v) is 3.15. The molecule has 1 aliphatic rings. The summed E-state index contributed by atoms with van der Waals surface area (Å²) in [5, 5.41) is 3.38. The number of ether oxygens (including phenoxy) is 1. The first-order valence-electron chi connectivity index (χ1n) is 8.23. The third-order valence-corrected chi connectivity index (χ3v) is 4.53. The molecule has 2 aromatic carbocycles. The van der Waals surface area contributed by atoms with E-state index >= 15 is 0 Å². The number of carbonyl (C=O) groups excluding carboxylic acids is 1. The van der Waals surface area contributed by atoms with E-state index < -0.39 is 0 Å². The molecule has 3 aromatic rings. The Kier molecular flexibility index (Phi) is 3.94. The normalized spacial score (nSPS) is 13.1. The highest BCUT2D eigenvalue weighted by atomic mass is 16.5. The molecule has 0 aliphatic carbocycles. The number of ketones is 1. The van der Waals surface area contributed by atoms with E-state index in [0.29, 0.717) is 18.8 Å². The Labute approximate surface area is 146 Å². The lowest BCUT2D eigenvalue weighted by atomic mass is 9.92. The number of hydrogen-bond donors (Lipinski definition) is 1. The molecule has 0 fully saturated rings. The van der Waals surface area contributed by atoms with Crippen LogP contribution in [-0.4, -0.2) is 17.9 Å². The SMILES string of the molecule is COc1ccc(-c2ccc3c(c2)CC(=O)c2ccccc2NC3)cn1. The van der Waals surface area contributed by atoms with Gasteiger partial charge in [0.15, 0.2) is 5.78 Å². The smallest absolute Gasteiger partial charge is 0.212 e. The third kappa shape index (κ3) is 2.98. The molecule has 0 spiro atoms. The van der Waals surface area contributed by atoms with E-state index in [1.54, 1.807) is 13.3 Å². The maximum Gasteiger partial charge on any atom is 0.212 e. The largest absolute Gasteiger partial charge is 0.481 e. The van der Waals surface area contributed by atoms with Crippen LogP contribution in [0.15, 0.2) is 60.8 Å². The average Bonchev–Trinajstić information content (AvgIpc) is 2.66. The van der Waals surface area contributed by atoms with Crippen LogP contribution in [0.2, 0.25) is 0 Å². The Morgan fingerprint density at radius 3 is 2.64 bits per heavy atom. The van der Waals surface area contributed by atoms with Gasteiger partial charge >= 0.3 is 0 Å². The van der Waals surface area contributed by atoms with Crippen LogP contribution in [0, 0.1) is 0 Å². The van der Waals surface area contributed by atoms with Crippen molar-refractivity contribution in [3.8, 4) is 17.0 Å². The average molecular weight is 330 g/mol. The molecule has 2 heterocycles. The van der Waals surface area contributed by atoms with Crippen molar-refractivity contribution in [3.63, 3.8) is 0 Å². The van der Waals surface area contributed by atoms with E-state index in [9.17, 15) is 4.79 Å². The molecule has 0 saturated heterocycles. The lowest BCUT2D eigenvalue weighted by molar-refractivity contribution is 0.0993. The summed E-state index contributed by atoms with van der Waals surface area (Å²) in [5.41, 5.74) is 5.92. The Bertz CT molecular complexity index is 933. The van der Waals surface area contributed by atoms with E-state index in [1.807, 2.05) is 36.4 Å². The Morgan fingerprint density at radius 1 is 1.00 bits per heavy atom. The van der Waals surface area contributed by atoms with Gasteiger partial charge in [-0.1, -0.05) is 30.3 Å². The number of para-hydroxylation sites is 1. The Hall–Kier alpha value is -3.14. The second-order valence-corrected chi connectivity index (χ2v) is 6.07. The monoisotopic (exact) mass is 330 g/mol. The first-order chi connectivity index (χ1) is 12.2. The van der Waals surface area contributed by atoms with Gasteiger partial charge in [0.2, 0.25) is 5.88 Å². The Balaban J connectivity index is 1.70. The van der Waals surface area contributed by atoms with Crippen molar-refractivity contribution in [3.05, 3.63) is 77.5 Å². The summed E-state index contributed by atoms with van der Waals surface area (Å²) in [7, 11) is 1.60. The van der Waals surface area contributed by atoms with Gasteiger partial charge in [-0.15, -0.1) is 0 Å². The minimum atomic E-state index is 0.133. The summed E-state index contributed by atoms with van der Waals surface area (Å²) >= 11 is 0. The number of benzene rings is 2. The summed E-state index contributed by atoms with van der Waals surface area (Å²) in [5.74, 6) is 0.722. The zero-order chi connectivity index (χ0) is 17.2. The fraction of sp³-hybridized carbons (Fsp3) is 0.143. The highest BCUT2D eigenvalue weighted by molar-refractivity contribution is 6.03. The maximum atomic E-state index is 12.7. The Morgan fingerprint density at radius 2 is 1.84 bits per heavy atom. The topological polar surface area (TPSA) is 51.2 Å². The number of hydrogen-bond acceptors (Lipinski definition) is 4. The van der Waals surface area contributed by atoms with Crippen LogP contribution < -0.4 is 10.1 Å². The van der Waals surface area contributed by atoms with E-state index in [1.165, 1.54) is 0 Å². The number of methoxy groups -OCH3 is 1. The van der Waals surface area contributed by atoms with E-state index in [-0.39, 0.29) is 5.78 Å². The van der Waals surface area contributed by atoms with Crippen LogP contribution in [0.25, 0.3) is 11.1 Å². The van der Waals surface area contributed by atoms with Crippen LogP contribution in [0.1, 0.15) is 21.5 Å². The van der Waals surface area contributed by atoms with Crippen molar-refractivity contribution in [1.82, 2.24) is 4.98 Å². The zero-order valence-corrected chi connectivity index (χ0v) is 14.0. The van der Waals surface area contributed by atoms with Crippen molar-refractivity contribution in [2.24, 2.45) is 0 Å². The highest BCUT2D eigenvalue weighted by Crippen LogP contribution is 2.28. The highest BCUT2D eigenvalue weighted by Gasteiger charge is 2.17. The second-order valence-electron chi connectivity index (χ2n) is 6.07. The molecule has 0 atom stereocenters. The van der Waals surface area contributed by atoms with Crippen molar-refractivity contribution >= 4 is 11.5 Å². The van der Waals surface area contributed by atoms with Gasteiger partial charge in [-0.3, -0.25) is 4.79 Å². The molecule has 1 aliphatic heterocycles. The van der Waals surface area contributed by atoms with Gasteiger partial charge in [0.05, 0.1) is 7.11 Å². The van der Waals surface area contributed by atoms with Crippen LogP contribution >= 0.6 is 0 Å². The predicted molar refractivity (Wildman–Crippen MR) is 98.0 cm³/mol. The summed E-state index contributed by atoms with van der Waals surface area (Å²) in [6, 6.07) is 17.8. The molecule has 124 valence electrons. The lowest BCUT2D eigenvalue weighted by Gasteiger charge is -2.18. The van der Waals surface area contributed by atoms with Crippen LogP contribution in [0.5, 0.6) is 5.88 Å². The molecular formula is C21H18N2O2. The second kappa shape index (κ2) is 6.40. The molecule has 1 aromatic heterocycles. The summed E-state index contributed by atoms with van der Waals surface area (Å²) in [4.78, 5) is 16.9. The van der Waals surface area contributed by atoms with Crippen molar-refractivity contribution in [2.45, 2.75) is 13.0 Å². The van der Waals surface area contributed by atoms with Crippen molar-refractivity contribution < 1.29 is 9.53 Å². The lowest BCUT2D eigenvalue weighted by Crippen LogP contribution is -2.15. The first-order valence-corrected chi connectivity index (χ1v) is 8.23. The van der Waals surface area contributed by atoms with Crippen molar-refractivity contribution in [1.29, 1.82) is 0 Å². The van der Waals surface area contributed by atoms with Crippen LogP contribution in [0.4, 0.5) is 5.69 Å². The van der Waals surface area contributed by atoms with E-state index in [4.69, 9.17) is 4.74 Å². The summed E-state index contributed by atoms with van der Waals surface area (Å²) < 4.78 is 5.11. The number of anilines is 1. The standard InChI is InChI=1S/C21H18N2O2/c1-25-21-9-8-15(13-23-21)14-6-7-16-12-22-19-5-3-2-4-18(19)20(24)11-17(16)10-14/h2-10,13,22H,11-12H2,1H3. The van der Waals surface area contributed by atoms with Gasteiger partial charge in [0, 0.05) is 42.0 Å². The quantitative estimate of drug-likeness (QED) is 0.768. The van der Waals surface area contributed by atoms with Crippen LogP contribution in [-0.2, 0) is 13.0 Å². The van der Waals surface area contributed by atoms with Gasteiger partial charge in [-0.2, -0.15) is 0 Å². The van der Waals surface area contributed by atoms with E-state index in [0.717, 1.165) is 33.5 Å².